The molecule has 8 nitrogen and oxygen atoms in total. The van der Waals surface area contributed by atoms with Crippen molar-refractivity contribution in [3.63, 3.8) is 0 Å². The molecule has 116 valence electrons. The molecule has 2 heterocycles. The summed E-state index contributed by atoms with van der Waals surface area (Å²) < 4.78 is 5.49. The molecule has 0 fully saturated rings. The van der Waals surface area contributed by atoms with Gasteiger partial charge >= 0.3 is 5.91 Å². The Balaban J connectivity index is 1.73. The van der Waals surface area contributed by atoms with Crippen molar-refractivity contribution in [2.75, 3.05) is 0 Å². The maximum Gasteiger partial charge on any atom is 0.305 e. The number of furan rings is 1. The summed E-state index contributed by atoms with van der Waals surface area (Å²) >= 11 is 0. The van der Waals surface area contributed by atoms with Crippen LogP contribution >= 0.6 is 0 Å². The molecule has 0 saturated carbocycles. The lowest BCUT2D eigenvalue weighted by molar-refractivity contribution is 0.0828. The number of aryl methyl sites for hydroxylation is 1. The molecule has 0 unspecified atom stereocenters. The molecule has 2 amide bonds. The van der Waals surface area contributed by atoms with Gasteiger partial charge in [0.15, 0.2) is 11.5 Å². The third-order valence-corrected chi connectivity index (χ3v) is 3.25. The van der Waals surface area contributed by atoms with Crippen molar-refractivity contribution in [2.45, 2.75) is 6.92 Å². The van der Waals surface area contributed by atoms with E-state index in [1.165, 1.54) is 6.07 Å². The first-order valence-corrected chi connectivity index (χ1v) is 6.71. The smallest absolute Gasteiger partial charge is 0.305 e. The molecular weight excluding hydrogens is 300 g/mol. The van der Waals surface area contributed by atoms with E-state index in [1.807, 2.05) is 12.1 Å². The zero-order chi connectivity index (χ0) is 16.4. The summed E-state index contributed by atoms with van der Waals surface area (Å²) in [7, 11) is 0. The van der Waals surface area contributed by atoms with Crippen molar-refractivity contribution in [1.29, 1.82) is 0 Å². The minimum absolute atomic E-state index is 0.0359. The second kappa shape index (κ2) is 5.76. The van der Waals surface area contributed by atoms with E-state index < -0.39 is 17.4 Å². The van der Waals surface area contributed by atoms with Crippen molar-refractivity contribution < 1.29 is 14.0 Å². The Labute approximate surface area is 129 Å². The van der Waals surface area contributed by atoms with Gasteiger partial charge in [-0.05, 0) is 19.1 Å². The van der Waals surface area contributed by atoms with Gasteiger partial charge in [-0.1, -0.05) is 18.2 Å². The van der Waals surface area contributed by atoms with Gasteiger partial charge in [0, 0.05) is 17.0 Å². The molecule has 0 aliphatic heterocycles. The predicted molar refractivity (Wildman–Crippen MR) is 80.7 cm³/mol. The van der Waals surface area contributed by atoms with Crippen LogP contribution < -0.4 is 16.4 Å². The fraction of sp³-hybridized carbons (Fsp3) is 0.0667. The Morgan fingerprint density at radius 1 is 1.09 bits per heavy atom. The third-order valence-electron chi connectivity index (χ3n) is 3.25. The molecule has 0 aliphatic rings. The van der Waals surface area contributed by atoms with Crippen molar-refractivity contribution in [2.24, 2.45) is 0 Å². The van der Waals surface area contributed by atoms with E-state index in [0.29, 0.717) is 11.1 Å². The van der Waals surface area contributed by atoms with Gasteiger partial charge < -0.3 is 4.42 Å². The van der Waals surface area contributed by atoms with E-state index in [1.54, 1.807) is 19.1 Å². The van der Waals surface area contributed by atoms with E-state index >= 15 is 0 Å². The number of rotatable bonds is 2. The first-order valence-electron chi connectivity index (χ1n) is 6.71. The van der Waals surface area contributed by atoms with E-state index in [4.69, 9.17) is 4.42 Å². The summed E-state index contributed by atoms with van der Waals surface area (Å²) in [5, 5.41) is 6.51. The number of hydrogen-bond acceptors (Lipinski definition) is 5. The Hall–Kier alpha value is -3.42. The average molecular weight is 312 g/mol. The molecule has 0 spiro atoms. The van der Waals surface area contributed by atoms with Crippen LogP contribution in [0.25, 0.3) is 11.0 Å². The molecule has 0 saturated heterocycles. The highest BCUT2D eigenvalue weighted by Gasteiger charge is 2.18. The normalized spacial score (nSPS) is 10.5. The quantitative estimate of drug-likeness (QED) is 0.608. The van der Waals surface area contributed by atoms with Crippen molar-refractivity contribution in [1.82, 2.24) is 21.0 Å². The van der Waals surface area contributed by atoms with Crippen LogP contribution in [0.15, 0.2) is 45.6 Å². The van der Waals surface area contributed by atoms with E-state index in [2.05, 4.69) is 21.0 Å². The largest absolute Gasteiger partial charge is 0.451 e. The number of hydrazine groups is 1. The number of carbonyl (C=O) groups is 2. The number of fused-ring (bicyclic) bond motifs is 1. The zero-order valence-corrected chi connectivity index (χ0v) is 12.0. The van der Waals surface area contributed by atoms with Gasteiger partial charge in [0.1, 0.15) is 5.58 Å². The highest BCUT2D eigenvalue weighted by atomic mass is 16.3. The van der Waals surface area contributed by atoms with E-state index in [-0.39, 0.29) is 11.5 Å². The van der Waals surface area contributed by atoms with Crippen molar-refractivity contribution >= 4 is 22.8 Å². The van der Waals surface area contributed by atoms with Crippen LogP contribution in [-0.2, 0) is 0 Å². The number of amides is 2. The fourth-order valence-corrected chi connectivity index (χ4v) is 2.10. The third kappa shape index (κ3) is 2.82. The van der Waals surface area contributed by atoms with Crippen LogP contribution in [-0.4, -0.2) is 22.0 Å². The SMILES string of the molecule is Cc1c(C(=O)NNC(=O)c2ccc(=O)[nH]n2)oc2ccccc12. The Morgan fingerprint density at radius 3 is 2.52 bits per heavy atom. The first-order chi connectivity index (χ1) is 11.1. The number of benzene rings is 1. The van der Waals surface area contributed by atoms with Crippen LogP contribution in [0, 0.1) is 6.92 Å². The van der Waals surface area contributed by atoms with Crippen LogP contribution in [0.5, 0.6) is 0 Å². The molecule has 0 atom stereocenters. The lowest BCUT2D eigenvalue weighted by atomic mass is 10.1. The second-order valence-corrected chi connectivity index (χ2v) is 4.77. The molecule has 0 aliphatic carbocycles. The number of aromatic nitrogens is 2. The number of H-pyrrole nitrogens is 1. The topological polar surface area (TPSA) is 117 Å². The number of carbonyl (C=O) groups excluding carboxylic acids is 2. The first kappa shape index (κ1) is 14.5. The number of hydrogen-bond donors (Lipinski definition) is 3. The molecule has 0 bridgehead atoms. The summed E-state index contributed by atoms with van der Waals surface area (Å²) in [5.74, 6) is -1.14. The maximum atomic E-state index is 12.1. The van der Waals surface area contributed by atoms with Crippen LogP contribution in [0.1, 0.15) is 26.6 Å². The molecule has 3 aromatic rings. The summed E-state index contributed by atoms with van der Waals surface area (Å²) in [6, 6.07) is 9.64. The zero-order valence-electron chi connectivity index (χ0n) is 12.0. The predicted octanol–water partition coefficient (Wildman–Crippen LogP) is 0.899. The fourth-order valence-electron chi connectivity index (χ4n) is 2.10. The number of aromatic amines is 1. The highest BCUT2D eigenvalue weighted by Crippen LogP contribution is 2.24. The summed E-state index contributed by atoms with van der Waals surface area (Å²) in [6.45, 7) is 1.76. The molecular formula is C15H12N4O4. The lowest BCUT2D eigenvalue weighted by Crippen LogP contribution is -2.42. The molecule has 3 rings (SSSR count). The van der Waals surface area contributed by atoms with Gasteiger partial charge in [-0.3, -0.25) is 25.2 Å². The summed E-state index contributed by atoms with van der Waals surface area (Å²) in [4.78, 5) is 34.8. The summed E-state index contributed by atoms with van der Waals surface area (Å²) in [5.41, 5.74) is 5.25. The van der Waals surface area contributed by atoms with E-state index in [0.717, 1.165) is 11.5 Å². The number of nitrogens with zero attached hydrogens (tertiary/aromatic N) is 1. The van der Waals surface area contributed by atoms with Crippen molar-refractivity contribution in [3.05, 3.63) is 63.8 Å². The number of para-hydroxylation sites is 1. The highest BCUT2D eigenvalue weighted by molar-refractivity contribution is 6.00. The average Bonchev–Trinajstić information content (AvgIpc) is 2.90. The molecule has 2 aromatic heterocycles. The van der Waals surface area contributed by atoms with Gasteiger partial charge in [0.2, 0.25) is 0 Å². The molecule has 8 heteroatoms. The van der Waals surface area contributed by atoms with Crippen LogP contribution in [0.3, 0.4) is 0 Å². The molecule has 23 heavy (non-hydrogen) atoms. The maximum absolute atomic E-state index is 12.1. The lowest BCUT2D eigenvalue weighted by Gasteiger charge is -2.05. The van der Waals surface area contributed by atoms with Gasteiger partial charge in [0.05, 0.1) is 0 Å². The Bertz CT molecular complexity index is 937. The van der Waals surface area contributed by atoms with Gasteiger partial charge in [-0.25, -0.2) is 5.10 Å². The standard InChI is InChI=1S/C15H12N4O4/c1-8-9-4-2-3-5-11(9)23-13(8)15(22)19-18-14(21)10-6-7-12(20)17-16-10/h2-7H,1H3,(H,17,20)(H,18,21)(H,19,22). The molecule has 3 N–H and O–H groups in total. The van der Waals surface area contributed by atoms with E-state index in [9.17, 15) is 14.4 Å². The van der Waals surface area contributed by atoms with Gasteiger partial charge in [0.25, 0.3) is 11.5 Å². The van der Waals surface area contributed by atoms with Crippen LogP contribution in [0.4, 0.5) is 0 Å². The van der Waals surface area contributed by atoms with Gasteiger partial charge in [-0.2, -0.15) is 5.10 Å². The molecule has 1 aromatic carbocycles. The second-order valence-electron chi connectivity index (χ2n) is 4.77. The Kier molecular flexibility index (Phi) is 3.63. The monoisotopic (exact) mass is 312 g/mol. The van der Waals surface area contributed by atoms with Crippen molar-refractivity contribution in [3.8, 4) is 0 Å². The number of nitrogens with one attached hydrogen (secondary N) is 3. The summed E-state index contributed by atoms with van der Waals surface area (Å²) in [6.07, 6.45) is 0. The Morgan fingerprint density at radius 2 is 1.83 bits per heavy atom. The van der Waals surface area contributed by atoms with Crippen LogP contribution in [0.2, 0.25) is 0 Å². The van der Waals surface area contributed by atoms with Gasteiger partial charge in [-0.15, -0.1) is 0 Å². The minimum Gasteiger partial charge on any atom is -0.451 e. The minimum atomic E-state index is -0.664. The molecule has 0 radical (unpaired) electrons.